The molecule has 104 valence electrons. The molecule has 1 aromatic heterocycles. The zero-order valence-corrected chi connectivity index (χ0v) is 12.4. The van der Waals surface area contributed by atoms with Gasteiger partial charge in [-0.15, -0.1) is 0 Å². The lowest BCUT2D eigenvalue weighted by molar-refractivity contribution is -0.0125. The Balaban J connectivity index is 3.19. The number of nitrogens with one attached hydrogen (secondary N) is 1. The molecule has 2 atom stereocenters. The van der Waals surface area contributed by atoms with Crippen molar-refractivity contribution in [3.63, 3.8) is 0 Å². The molecule has 5 heteroatoms. The van der Waals surface area contributed by atoms with Crippen molar-refractivity contribution in [3.05, 3.63) is 11.9 Å². The Bertz CT molecular complexity index is 382. The molecule has 0 fully saturated rings. The summed E-state index contributed by atoms with van der Waals surface area (Å²) in [7, 11) is 7.24. The fourth-order valence-electron chi connectivity index (χ4n) is 2.36. The van der Waals surface area contributed by atoms with Crippen LogP contribution in [0.4, 0.5) is 0 Å². The van der Waals surface area contributed by atoms with E-state index in [1.165, 1.54) is 0 Å². The summed E-state index contributed by atoms with van der Waals surface area (Å²) in [6, 6.07) is 0.0254. The zero-order chi connectivity index (χ0) is 13.9. The van der Waals surface area contributed by atoms with Gasteiger partial charge in [0.15, 0.2) is 5.75 Å². The van der Waals surface area contributed by atoms with Gasteiger partial charge in [0.05, 0.1) is 31.1 Å². The van der Waals surface area contributed by atoms with Gasteiger partial charge in [-0.2, -0.15) is 5.10 Å². The third-order valence-corrected chi connectivity index (χ3v) is 3.19. The molecule has 0 amide bonds. The molecule has 0 saturated carbocycles. The van der Waals surface area contributed by atoms with E-state index in [4.69, 9.17) is 9.47 Å². The van der Waals surface area contributed by atoms with Gasteiger partial charge in [-0.25, -0.2) is 0 Å². The molecule has 0 aliphatic heterocycles. The van der Waals surface area contributed by atoms with Crippen LogP contribution in [0.25, 0.3) is 0 Å². The lowest BCUT2D eigenvalue weighted by Gasteiger charge is -2.36. The average molecular weight is 255 g/mol. The summed E-state index contributed by atoms with van der Waals surface area (Å²) < 4.78 is 12.9. The Morgan fingerprint density at radius 3 is 2.33 bits per heavy atom. The van der Waals surface area contributed by atoms with E-state index in [2.05, 4.69) is 31.2 Å². The number of ether oxygens (including phenoxy) is 2. The molecule has 0 aliphatic carbocycles. The molecule has 2 unspecified atom stereocenters. The molecule has 5 nitrogen and oxygen atoms in total. The molecule has 1 aromatic rings. The van der Waals surface area contributed by atoms with Crippen molar-refractivity contribution in [2.24, 2.45) is 12.5 Å². The second kappa shape index (κ2) is 5.71. The number of aromatic nitrogens is 2. The van der Waals surface area contributed by atoms with Crippen LogP contribution in [0.3, 0.4) is 0 Å². The molecule has 0 saturated heterocycles. The lowest BCUT2D eigenvalue weighted by Crippen LogP contribution is -2.41. The minimum absolute atomic E-state index is 0.0116. The van der Waals surface area contributed by atoms with E-state index in [0.29, 0.717) is 0 Å². The van der Waals surface area contributed by atoms with Gasteiger partial charge in [0.25, 0.3) is 0 Å². The van der Waals surface area contributed by atoms with E-state index < -0.39 is 0 Å². The Morgan fingerprint density at radius 2 is 1.94 bits per heavy atom. The number of rotatable bonds is 5. The number of methoxy groups -OCH3 is 2. The molecule has 0 bridgehead atoms. The molecule has 0 spiro atoms. The summed E-state index contributed by atoms with van der Waals surface area (Å²) in [6.07, 6.45) is 1.75. The predicted molar refractivity (Wildman–Crippen MR) is 71.8 cm³/mol. The molecular weight excluding hydrogens is 230 g/mol. The third-order valence-electron chi connectivity index (χ3n) is 3.19. The highest BCUT2D eigenvalue weighted by Crippen LogP contribution is 2.35. The van der Waals surface area contributed by atoms with E-state index >= 15 is 0 Å². The zero-order valence-electron chi connectivity index (χ0n) is 12.4. The first kappa shape index (κ1) is 15.0. The fourth-order valence-corrected chi connectivity index (χ4v) is 2.36. The topological polar surface area (TPSA) is 48.3 Å². The largest absolute Gasteiger partial charge is 0.493 e. The van der Waals surface area contributed by atoms with Crippen LogP contribution in [0.2, 0.25) is 0 Å². The smallest absolute Gasteiger partial charge is 0.161 e. The first-order valence-electron chi connectivity index (χ1n) is 6.12. The standard InChI is InChI=1S/C13H25N3O2/c1-13(2,3)12(18-7)10(14-4)11-9(17-6)8-15-16(11)5/h8,10,12,14H,1-7H3. The summed E-state index contributed by atoms with van der Waals surface area (Å²) in [6.45, 7) is 6.48. The monoisotopic (exact) mass is 255 g/mol. The summed E-state index contributed by atoms with van der Waals surface area (Å²) in [4.78, 5) is 0. The summed E-state index contributed by atoms with van der Waals surface area (Å²) in [5, 5.41) is 7.56. The second-order valence-corrected chi connectivity index (χ2v) is 5.51. The third kappa shape index (κ3) is 2.84. The van der Waals surface area contributed by atoms with Gasteiger partial charge in [0, 0.05) is 14.2 Å². The maximum absolute atomic E-state index is 5.69. The Hall–Kier alpha value is -1.07. The maximum Gasteiger partial charge on any atom is 0.161 e. The molecular formula is C13H25N3O2. The molecule has 0 radical (unpaired) electrons. The van der Waals surface area contributed by atoms with Crippen molar-refractivity contribution in [1.82, 2.24) is 15.1 Å². The highest BCUT2D eigenvalue weighted by atomic mass is 16.5. The van der Waals surface area contributed by atoms with Crippen LogP contribution >= 0.6 is 0 Å². The summed E-state index contributed by atoms with van der Waals surface area (Å²) in [5.74, 6) is 0.781. The normalized spacial score (nSPS) is 15.5. The highest BCUT2D eigenvalue weighted by molar-refractivity contribution is 5.29. The fraction of sp³-hybridized carbons (Fsp3) is 0.769. The van der Waals surface area contributed by atoms with Crippen LogP contribution in [0.15, 0.2) is 6.20 Å². The van der Waals surface area contributed by atoms with E-state index in [1.807, 2.05) is 18.8 Å². The molecule has 0 aliphatic rings. The quantitative estimate of drug-likeness (QED) is 0.871. The highest BCUT2D eigenvalue weighted by Gasteiger charge is 2.35. The van der Waals surface area contributed by atoms with E-state index in [1.54, 1.807) is 20.4 Å². The van der Waals surface area contributed by atoms with Gasteiger partial charge < -0.3 is 14.8 Å². The number of likely N-dealkylation sites (N-methyl/N-ethyl adjacent to an activating group) is 1. The van der Waals surface area contributed by atoms with Crippen LogP contribution in [0.1, 0.15) is 32.5 Å². The number of nitrogens with zero attached hydrogens (tertiary/aromatic N) is 2. The predicted octanol–water partition coefficient (Wildman–Crippen LogP) is 1.75. The van der Waals surface area contributed by atoms with Gasteiger partial charge in [-0.05, 0) is 12.5 Å². The van der Waals surface area contributed by atoms with Gasteiger partial charge >= 0.3 is 0 Å². The molecule has 18 heavy (non-hydrogen) atoms. The SMILES string of the molecule is CNC(c1c(OC)cnn1C)C(OC)C(C)(C)C. The molecule has 1 N–H and O–H groups in total. The summed E-state index contributed by atoms with van der Waals surface area (Å²) in [5.41, 5.74) is 1.01. The van der Waals surface area contributed by atoms with E-state index in [-0.39, 0.29) is 17.6 Å². The number of aryl methyl sites for hydroxylation is 1. The lowest BCUT2D eigenvalue weighted by atomic mass is 9.83. The Kier molecular flexibility index (Phi) is 4.76. The minimum Gasteiger partial charge on any atom is -0.493 e. The molecule has 0 aromatic carbocycles. The van der Waals surface area contributed by atoms with Crippen LogP contribution in [0, 0.1) is 5.41 Å². The average Bonchev–Trinajstić information content (AvgIpc) is 2.65. The second-order valence-electron chi connectivity index (χ2n) is 5.51. The van der Waals surface area contributed by atoms with Crippen molar-refractivity contribution in [2.45, 2.75) is 32.9 Å². The van der Waals surface area contributed by atoms with Crippen molar-refractivity contribution in [2.75, 3.05) is 21.3 Å². The van der Waals surface area contributed by atoms with E-state index in [0.717, 1.165) is 11.4 Å². The number of hydrogen-bond acceptors (Lipinski definition) is 4. The molecule has 1 rings (SSSR count). The number of hydrogen-bond donors (Lipinski definition) is 1. The Labute approximate surface area is 109 Å². The maximum atomic E-state index is 5.69. The first-order valence-corrected chi connectivity index (χ1v) is 6.12. The van der Waals surface area contributed by atoms with Crippen molar-refractivity contribution in [1.29, 1.82) is 0 Å². The van der Waals surface area contributed by atoms with Crippen LogP contribution in [-0.2, 0) is 11.8 Å². The van der Waals surface area contributed by atoms with Gasteiger partial charge in [0.1, 0.15) is 0 Å². The van der Waals surface area contributed by atoms with Crippen LogP contribution in [0.5, 0.6) is 5.75 Å². The van der Waals surface area contributed by atoms with E-state index in [9.17, 15) is 0 Å². The van der Waals surface area contributed by atoms with Crippen molar-refractivity contribution in [3.8, 4) is 5.75 Å². The van der Waals surface area contributed by atoms with Crippen LogP contribution in [-0.4, -0.2) is 37.2 Å². The first-order chi connectivity index (χ1) is 8.36. The minimum atomic E-state index is 0.0116. The van der Waals surface area contributed by atoms with Gasteiger partial charge in [-0.1, -0.05) is 20.8 Å². The van der Waals surface area contributed by atoms with Crippen molar-refractivity contribution >= 4 is 0 Å². The molecule has 1 heterocycles. The van der Waals surface area contributed by atoms with Crippen LogP contribution < -0.4 is 10.1 Å². The van der Waals surface area contributed by atoms with Gasteiger partial charge in [0.2, 0.25) is 0 Å². The Morgan fingerprint density at radius 1 is 1.33 bits per heavy atom. The van der Waals surface area contributed by atoms with Crippen molar-refractivity contribution < 1.29 is 9.47 Å². The van der Waals surface area contributed by atoms with Gasteiger partial charge in [-0.3, -0.25) is 4.68 Å². The summed E-state index contributed by atoms with van der Waals surface area (Å²) >= 11 is 0.